The first-order valence-electron chi connectivity index (χ1n) is 4.37. The molecule has 1 aromatic rings. The summed E-state index contributed by atoms with van der Waals surface area (Å²) in [6.07, 6.45) is 1.14. The lowest BCUT2D eigenvalue weighted by Gasteiger charge is -2.12. The van der Waals surface area contributed by atoms with E-state index in [-0.39, 0.29) is 17.3 Å². The molecule has 2 rings (SSSR count). The molecular formula is C11H9NO3. The topological polar surface area (TPSA) is 69.4 Å². The quantitative estimate of drug-likeness (QED) is 0.736. The number of carbonyl (C=O) groups is 2. The Hall–Kier alpha value is -2.10. The van der Waals surface area contributed by atoms with E-state index in [0.29, 0.717) is 16.9 Å². The Balaban J connectivity index is 2.62. The van der Waals surface area contributed by atoms with E-state index in [4.69, 9.17) is 10.5 Å². The minimum Gasteiger partial charge on any atom is -0.497 e. The van der Waals surface area contributed by atoms with Gasteiger partial charge in [0.25, 0.3) is 0 Å². The number of fused-ring (bicyclic) bond motifs is 1. The number of Topliss-reactive ketones (excluding diaryl/α,β-unsaturated/α-hetero) is 1. The van der Waals surface area contributed by atoms with Crippen LogP contribution in [0.1, 0.15) is 20.7 Å². The SMILES string of the molecule is COc1ccc2c(c1)C(=O)C=C(N)C2=O. The second-order valence-electron chi connectivity index (χ2n) is 3.20. The Bertz CT molecular complexity index is 489. The highest BCUT2D eigenvalue weighted by Gasteiger charge is 2.23. The number of hydrogen-bond donors (Lipinski definition) is 1. The first-order chi connectivity index (χ1) is 7.13. The number of allylic oxidation sites excluding steroid dienone is 2. The molecule has 0 fully saturated rings. The summed E-state index contributed by atoms with van der Waals surface area (Å²) in [6.45, 7) is 0. The lowest BCUT2D eigenvalue weighted by molar-refractivity contribution is 0.0983. The fourth-order valence-corrected chi connectivity index (χ4v) is 1.49. The molecule has 0 bridgehead atoms. The standard InChI is InChI=1S/C11H9NO3/c1-15-6-2-3-7-8(4-6)10(13)5-9(12)11(7)14/h2-5H,12H2,1H3. The van der Waals surface area contributed by atoms with E-state index in [1.807, 2.05) is 0 Å². The maximum atomic E-state index is 11.6. The van der Waals surface area contributed by atoms with Crippen LogP contribution < -0.4 is 10.5 Å². The number of rotatable bonds is 1. The van der Waals surface area contributed by atoms with Crippen molar-refractivity contribution in [2.75, 3.05) is 7.11 Å². The van der Waals surface area contributed by atoms with E-state index in [0.717, 1.165) is 6.08 Å². The second kappa shape index (κ2) is 3.24. The highest BCUT2D eigenvalue weighted by Crippen LogP contribution is 2.23. The highest BCUT2D eigenvalue weighted by atomic mass is 16.5. The summed E-state index contributed by atoms with van der Waals surface area (Å²) in [5.41, 5.74) is 6.07. The molecule has 76 valence electrons. The van der Waals surface area contributed by atoms with Crippen molar-refractivity contribution in [3.8, 4) is 5.75 Å². The van der Waals surface area contributed by atoms with Crippen LogP contribution in [0.5, 0.6) is 5.75 Å². The maximum absolute atomic E-state index is 11.6. The number of ketones is 2. The smallest absolute Gasteiger partial charge is 0.209 e. The molecule has 0 atom stereocenters. The third-order valence-electron chi connectivity index (χ3n) is 2.29. The second-order valence-corrected chi connectivity index (χ2v) is 3.20. The molecule has 2 N–H and O–H groups in total. The molecule has 0 heterocycles. The summed E-state index contributed by atoms with van der Waals surface area (Å²) >= 11 is 0. The molecule has 0 amide bonds. The molecule has 1 aromatic carbocycles. The van der Waals surface area contributed by atoms with Gasteiger partial charge >= 0.3 is 0 Å². The van der Waals surface area contributed by atoms with Gasteiger partial charge in [-0.2, -0.15) is 0 Å². The van der Waals surface area contributed by atoms with Crippen LogP contribution in [0.2, 0.25) is 0 Å². The van der Waals surface area contributed by atoms with Gasteiger partial charge in [0.1, 0.15) is 5.75 Å². The predicted molar refractivity (Wildman–Crippen MR) is 53.9 cm³/mol. The van der Waals surface area contributed by atoms with E-state index in [2.05, 4.69) is 0 Å². The van der Waals surface area contributed by atoms with E-state index in [1.165, 1.54) is 7.11 Å². The van der Waals surface area contributed by atoms with Gasteiger partial charge in [0, 0.05) is 17.2 Å². The molecule has 0 unspecified atom stereocenters. The van der Waals surface area contributed by atoms with Gasteiger partial charge in [-0.1, -0.05) is 0 Å². The van der Waals surface area contributed by atoms with Gasteiger partial charge in [0.15, 0.2) is 5.78 Å². The van der Waals surface area contributed by atoms with E-state index >= 15 is 0 Å². The molecule has 4 nitrogen and oxygen atoms in total. The zero-order valence-corrected chi connectivity index (χ0v) is 8.11. The molecule has 15 heavy (non-hydrogen) atoms. The van der Waals surface area contributed by atoms with Gasteiger partial charge in [-0.15, -0.1) is 0 Å². The molecule has 0 aromatic heterocycles. The average Bonchev–Trinajstić information content (AvgIpc) is 2.25. The van der Waals surface area contributed by atoms with Crippen LogP contribution >= 0.6 is 0 Å². The molecule has 0 saturated heterocycles. The summed E-state index contributed by atoms with van der Waals surface area (Å²) in [7, 11) is 1.50. The predicted octanol–water partition coefficient (Wildman–Crippen LogP) is 0.917. The van der Waals surface area contributed by atoms with Crippen LogP contribution in [0.25, 0.3) is 0 Å². The Labute approximate surface area is 86.3 Å². The van der Waals surface area contributed by atoms with Crippen molar-refractivity contribution in [2.24, 2.45) is 5.73 Å². The van der Waals surface area contributed by atoms with Crippen molar-refractivity contribution in [3.63, 3.8) is 0 Å². The van der Waals surface area contributed by atoms with Crippen molar-refractivity contribution in [3.05, 3.63) is 41.1 Å². The van der Waals surface area contributed by atoms with Gasteiger partial charge in [-0.3, -0.25) is 9.59 Å². The number of hydrogen-bond acceptors (Lipinski definition) is 4. The van der Waals surface area contributed by atoms with Gasteiger partial charge in [0.05, 0.1) is 12.8 Å². The van der Waals surface area contributed by atoms with E-state index in [9.17, 15) is 9.59 Å². The van der Waals surface area contributed by atoms with Crippen LogP contribution in [0, 0.1) is 0 Å². The van der Waals surface area contributed by atoms with Crippen molar-refractivity contribution in [2.45, 2.75) is 0 Å². The summed E-state index contributed by atoms with van der Waals surface area (Å²) in [6, 6.07) is 4.72. The van der Waals surface area contributed by atoms with Crippen LogP contribution in [0.15, 0.2) is 30.0 Å². The molecular weight excluding hydrogens is 194 g/mol. The normalized spacial score (nSPS) is 14.6. The van der Waals surface area contributed by atoms with Gasteiger partial charge in [-0.05, 0) is 18.2 Å². The summed E-state index contributed by atoms with van der Waals surface area (Å²) in [5.74, 6) is -0.0305. The number of carbonyl (C=O) groups excluding carboxylic acids is 2. The zero-order valence-electron chi connectivity index (χ0n) is 8.11. The van der Waals surface area contributed by atoms with Crippen LogP contribution in [-0.2, 0) is 0 Å². The number of ether oxygens (including phenoxy) is 1. The largest absolute Gasteiger partial charge is 0.497 e. The molecule has 4 heteroatoms. The zero-order chi connectivity index (χ0) is 11.0. The number of benzene rings is 1. The van der Waals surface area contributed by atoms with Gasteiger partial charge in [-0.25, -0.2) is 0 Å². The van der Waals surface area contributed by atoms with Crippen molar-refractivity contribution < 1.29 is 14.3 Å². The minimum absolute atomic E-state index is 0.0160. The first-order valence-corrected chi connectivity index (χ1v) is 4.37. The number of nitrogens with two attached hydrogens (primary N) is 1. The van der Waals surface area contributed by atoms with Crippen LogP contribution in [-0.4, -0.2) is 18.7 Å². The van der Waals surface area contributed by atoms with Crippen molar-refractivity contribution in [1.29, 1.82) is 0 Å². The molecule has 1 aliphatic rings. The summed E-state index contributed by atoms with van der Waals surface area (Å²) in [5, 5.41) is 0. The molecule has 1 aliphatic carbocycles. The fraction of sp³-hybridized carbons (Fsp3) is 0.0909. The molecule has 0 saturated carbocycles. The summed E-state index contributed by atoms with van der Waals surface area (Å²) < 4.78 is 4.98. The van der Waals surface area contributed by atoms with Crippen LogP contribution in [0.4, 0.5) is 0 Å². The Morgan fingerprint density at radius 1 is 1.20 bits per heavy atom. The third kappa shape index (κ3) is 1.40. The molecule has 0 radical (unpaired) electrons. The molecule has 0 spiro atoms. The number of methoxy groups -OCH3 is 1. The maximum Gasteiger partial charge on any atom is 0.209 e. The monoisotopic (exact) mass is 203 g/mol. The Morgan fingerprint density at radius 3 is 2.60 bits per heavy atom. The third-order valence-corrected chi connectivity index (χ3v) is 2.29. The average molecular weight is 203 g/mol. The Kier molecular flexibility index (Phi) is 2.04. The Morgan fingerprint density at radius 2 is 1.93 bits per heavy atom. The lowest BCUT2D eigenvalue weighted by atomic mass is 9.93. The van der Waals surface area contributed by atoms with Gasteiger partial charge in [0.2, 0.25) is 5.78 Å². The van der Waals surface area contributed by atoms with Crippen LogP contribution in [0.3, 0.4) is 0 Å². The van der Waals surface area contributed by atoms with Gasteiger partial charge < -0.3 is 10.5 Å². The minimum atomic E-state index is -0.313. The first kappa shape index (κ1) is 9.45. The van der Waals surface area contributed by atoms with Crippen molar-refractivity contribution >= 4 is 11.6 Å². The molecule has 0 aliphatic heterocycles. The van der Waals surface area contributed by atoms with E-state index < -0.39 is 0 Å². The summed E-state index contributed by atoms with van der Waals surface area (Å²) in [4.78, 5) is 23.1. The van der Waals surface area contributed by atoms with Crippen molar-refractivity contribution in [1.82, 2.24) is 0 Å². The highest BCUT2D eigenvalue weighted by molar-refractivity contribution is 6.24. The lowest BCUT2D eigenvalue weighted by Crippen LogP contribution is -2.21. The fourth-order valence-electron chi connectivity index (χ4n) is 1.49. The van der Waals surface area contributed by atoms with E-state index in [1.54, 1.807) is 18.2 Å².